The average molecular weight is 429 g/mol. The van der Waals surface area contributed by atoms with Gasteiger partial charge in [0.25, 0.3) is 0 Å². The van der Waals surface area contributed by atoms with Crippen LogP contribution >= 0.6 is 0 Å². The fraction of sp³-hybridized carbons (Fsp3) is 0.259. The largest absolute Gasteiger partial charge is 0.437 e. The number of carbonyl (C=O) groups is 1. The van der Waals surface area contributed by atoms with Crippen LogP contribution in [0.1, 0.15) is 36.9 Å². The van der Waals surface area contributed by atoms with E-state index in [9.17, 15) is 9.59 Å². The highest BCUT2D eigenvalue weighted by Crippen LogP contribution is 2.39. The van der Waals surface area contributed by atoms with Gasteiger partial charge in [0.05, 0.1) is 6.04 Å². The molecule has 4 rings (SSSR count). The number of hydrogen-bond donors (Lipinski definition) is 0. The van der Waals surface area contributed by atoms with E-state index < -0.39 is 5.60 Å². The Morgan fingerprint density at radius 3 is 2.34 bits per heavy atom. The molecule has 2 atom stereocenters. The van der Waals surface area contributed by atoms with Gasteiger partial charge in [-0.3, -0.25) is 4.79 Å². The second-order valence-corrected chi connectivity index (χ2v) is 8.33. The Morgan fingerprint density at radius 1 is 1.03 bits per heavy atom. The van der Waals surface area contributed by atoms with Crippen LogP contribution in [0.15, 0.2) is 90.4 Å². The van der Waals surface area contributed by atoms with Crippen molar-refractivity contribution >= 4 is 6.09 Å². The van der Waals surface area contributed by atoms with Gasteiger partial charge in [0.1, 0.15) is 5.60 Å². The normalized spacial score (nSPS) is 19.3. The molecule has 0 aliphatic carbocycles. The van der Waals surface area contributed by atoms with Crippen LogP contribution in [0.4, 0.5) is 4.79 Å². The Hall–Kier alpha value is -3.60. The summed E-state index contributed by atoms with van der Waals surface area (Å²) in [6.45, 7) is 6.49. The van der Waals surface area contributed by atoms with Gasteiger partial charge in [-0.1, -0.05) is 60.7 Å². The van der Waals surface area contributed by atoms with E-state index in [4.69, 9.17) is 4.74 Å². The first-order valence-corrected chi connectivity index (χ1v) is 10.9. The molecule has 0 N–H and O–H groups in total. The van der Waals surface area contributed by atoms with Crippen LogP contribution in [0.5, 0.6) is 0 Å². The number of cyclic esters (lactones) is 1. The van der Waals surface area contributed by atoms with E-state index in [1.165, 1.54) is 0 Å². The molecular formula is C27H28N2O3. The molecule has 32 heavy (non-hydrogen) atoms. The molecule has 1 amide bonds. The summed E-state index contributed by atoms with van der Waals surface area (Å²) in [5.41, 5.74) is 3.33. The van der Waals surface area contributed by atoms with Gasteiger partial charge in [0, 0.05) is 38.7 Å². The van der Waals surface area contributed by atoms with Crippen molar-refractivity contribution in [2.45, 2.75) is 31.4 Å². The minimum absolute atomic E-state index is 0.0364. The topological polar surface area (TPSA) is 51.5 Å². The number of pyridine rings is 1. The third-order valence-electron chi connectivity index (χ3n) is 6.33. The van der Waals surface area contributed by atoms with E-state index in [1.54, 1.807) is 22.6 Å². The quantitative estimate of drug-likeness (QED) is 0.492. The first-order chi connectivity index (χ1) is 15.4. The lowest BCUT2D eigenvalue weighted by Gasteiger charge is -2.43. The standard InChI is InChI=1S/C27H28N2O3/c1-4-16-27(24-8-6-5-7-9-24)17-18-29(26(31)32-27)20(2)21-10-12-22(13-11-21)23-14-15-25(30)28(3)19-23/h4-15,19-20H,1,16-18H2,2-3H3/t20-,27?/m0/s1. The SMILES string of the molecule is C=CCC1(c2ccccc2)CCN([C@@H](C)c2ccc(-c3ccc(=O)n(C)c3)cc2)C(=O)O1. The first-order valence-electron chi connectivity index (χ1n) is 10.9. The molecule has 2 heterocycles. The van der Waals surface area contributed by atoms with Gasteiger partial charge in [-0.25, -0.2) is 4.79 Å². The lowest BCUT2D eigenvalue weighted by molar-refractivity contribution is -0.0588. The van der Waals surface area contributed by atoms with Crippen molar-refractivity contribution in [1.29, 1.82) is 0 Å². The number of ether oxygens (including phenoxy) is 1. The van der Waals surface area contributed by atoms with Crippen LogP contribution in [0.3, 0.4) is 0 Å². The zero-order valence-corrected chi connectivity index (χ0v) is 18.5. The molecule has 1 fully saturated rings. The third-order valence-corrected chi connectivity index (χ3v) is 6.33. The zero-order valence-electron chi connectivity index (χ0n) is 18.5. The molecule has 0 saturated carbocycles. The summed E-state index contributed by atoms with van der Waals surface area (Å²) in [5, 5.41) is 0. The van der Waals surface area contributed by atoms with Crippen LogP contribution in [0.25, 0.3) is 11.1 Å². The number of aromatic nitrogens is 1. The molecule has 2 aromatic carbocycles. The molecule has 0 bridgehead atoms. The van der Waals surface area contributed by atoms with Gasteiger partial charge >= 0.3 is 6.09 Å². The Bertz CT molecular complexity index is 1170. The number of carbonyl (C=O) groups excluding carboxylic acids is 1. The highest BCUT2D eigenvalue weighted by atomic mass is 16.6. The maximum absolute atomic E-state index is 13.1. The van der Waals surface area contributed by atoms with Crippen LogP contribution < -0.4 is 5.56 Å². The van der Waals surface area contributed by atoms with E-state index >= 15 is 0 Å². The molecule has 5 heteroatoms. The molecule has 1 saturated heterocycles. The molecule has 0 spiro atoms. The van der Waals surface area contributed by atoms with Crippen LogP contribution in [0.2, 0.25) is 0 Å². The van der Waals surface area contributed by atoms with Crippen molar-refractivity contribution in [3.05, 3.63) is 107 Å². The van der Waals surface area contributed by atoms with Crippen molar-refractivity contribution in [2.24, 2.45) is 7.05 Å². The van der Waals surface area contributed by atoms with Crippen LogP contribution in [0, 0.1) is 0 Å². The van der Waals surface area contributed by atoms with Gasteiger partial charge in [0.15, 0.2) is 0 Å². The van der Waals surface area contributed by atoms with E-state index in [0.717, 1.165) is 22.3 Å². The second kappa shape index (κ2) is 8.87. The lowest BCUT2D eigenvalue weighted by Crippen LogP contribution is -2.48. The number of rotatable bonds is 6. The number of benzene rings is 2. The van der Waals surface area contributed by atoms with E-state index in [0.29, 0.717) is 19.4 Å². The smallest absolute Gasteiger partial charge is 0.411 e. The minimum Gasteiger partial charge on any atom is -0.437 e. The molecule has 1 unspecified atom stereocenters. The van der Waals surface area contributed by atoms with Gasteiger partial charge < -0.3 is 14.2 Å². The summed E-state index contributed by atoms with van der Waals surface area (Å²) < 4.78 is 7.62. The summed E-state index contributed by atoms with van der Waals surface area (Å²) in [5.74, 6) is 0. The Labute approximate surface area is 188 Å². The number of hydrogen-bond acceptors (Lipinski definition) is 3. The predicted molar refractivity (Wildman–Crippen MR) is 126 cm³/mol. The monoisotopic (exact) mass is 428 g/mol. The van der Waals surface area contributed by atoms with Crippen molar-refractivity contribution < 1.29 is 9.53 Å². The van der Waals surface area contributed by atoms with Crippen LogP contribution in [-0.4, -0.2) is 22.1 Å². The number of aryl methyl sites for hydroxylation is 1. The molecule has 0 radical (unpaired) electrons. The second-order valence-electron chi connectivity index (χ2n) is 8.33. The Morgan fingerprint density at radius 2 is 1.72 bits per heavy atom. The molecule has 1 aliphatic rings. The maximum atomic E-state index is 13.1. The van der Waals surface area contributed by atoms with E-state index in [1.807, 2.05) is 79.9 Å². The summed E-state index contributed by atoms with van der Waals surface area (Å²) in [4.78, 5) is 26.5. The average Bonchev–Trinajstić information content (AvgIpc) is 2.81. The van der Waals surface area contributed by atoms with Crippen molar-refractivity contribution in [2.75, 3.05) is 6.54 Å². The zero-order chi connectivity index (χ0) is 22.7. The summed E-state index contributed by atoms with van der Waals surface area (Å²) in [7, 11) is 1.74. The highest BCUT2D eigenvalue weighted by Gasteiger charge is 2.42. The summed E-state index contributed by atoms with van der Waals surface area (Å²) >= 11 is 0. The molecule has 1 aromatic heterocycles. The third kappa shape index (κ3) is 4.11. The van der Waals surface area contributed by atoms with Gasteiger partial charge in [-0.05, 0) is 35.2 Å². The molecule has 5 nitrogen and oxygen atoms in total. The van der Waals surface area contributed by atoms with Gasteiger partial charge in [0.2, 0.25) is 5.56 Å². The van der Waals surface area contributed by atoms with Gasteiger partial charge in [-0.15, -0.1) is 6.58 Å². The minimum atomic E-state index is -0.663. The Kier molecular flexibility index (Phi) is 5.99. The fourth-order valence-corrected chi connectivity index (χ4v) is 4.36. The molecule has 1 aliphatic heterocycles. The fourth-order valence-electron chi connectivity index (χ4n) is 4.36. The molecule has 164 valence electrons. The van der Waals surface area contributed by atoms with Gasteiger partial charge in [-0.2, -0.15) is 0 Å². The predicted octanol–water partition coefficient (Wildman–Crippen LogP) is 5.43. The van der Waals surface area contributed by atoms with Crippen molar-refractivity contribution in [1.82, 2.24) is 9.47 Å². The van der Waals surface area contributed by atoms with Crippen LogP contribution in [-0.2, 0) is 17.4 Å². The van der Waals surface area contributed by atoms with Crippen molar-refractivity contribution in [3.8, 4) is 11.1 Å². The van der Waals surface area contributed by atoms with E-state index in [-0.39, 0.29) is 17.7 Å². The first kappa shape index (κ1) is 21.6. The summed E-state index contributed by atoms with van der Waals surface area (Å²) in [6.07, 6.45) is 4.62. The van der Waals surface area contributed by atoms with E-state index in [2.05, 4.69) is 6.58 Å². The maximum Gasteiger partial charge on any atom is 0.411 e. The lowest BCUT2D eigenvalue weighted by atomic mass is 9.85. The van der Waals surface area contributed by atoms with Crippen molar-refractivity contribution in [3.63, 3.8) is 0 Å². The Balaban J connectivity index is 1.52. The number of nitrogens with zero attached hydrogens (tertiary/aromatic N) is 2. The molecule has 3 aromatic rings. The molecular weight excluding hydrogens is 400 g/mol. The summed E-state index contributed by atoms with van der Waals surface area (Å²) in [6, 6.07) is 21.3. The highest BCUT2D eigenvalue weighted by molar-refractivity contribution is 5.70. The number of amides is 1.